The van der Waals surface area contributed by atoms with E-state index in [0.29, 0.717) is 11.8 Å². The molecule has 2 saturated heterocycles. The van der Waals surface area contributed by atoms with E-state index < -0.39 is 0 Å². The van der Waals surface area contributed by atoms with Gasteiger partial charge in [0.05, 0.1) is 5.92 Å². The van der Waals surface area contributed by atoms with E-state index in [1.165, 1.54) is 0 Å². The van der Waals surface area contributed by atoms with Crippen LogP contribution >= 0.6 is 0 Å². The molecule has 6 nitrogen and oxygen atoms in total. The molecule has 6 heteroatoms. The number of amides is 1. The molecule has 0 unspecified atom stereocenters. The fraction of sp³-hybridized carbons (Fsp3) is 0.550. The highest BCUT2D eigenvalue weighted by molar-refractivity contribution is 5.80. The minimum Gasteiger partial charge on any atom is -0.356 e. The van der Waals surface area contributed by atoms with Crippen molar-refractivity contribution in [1.82, 2.24) is 19.4 Å². The van der Waals surface area contributed by atoms with Crippen LogP contribution in [0.25, 0.3) is 0 Å². The average Bonchev–Trinajstić information content (AvgIpc) is 3.14. The third-order valence-electron chi connectivity index (χ3n) is 5.77. The maximum Gasteiger partial charge on any atom is 0.227 e. The molecule has 0 spiro atoms. The first-order valence-electron chi connectivity index (χ1n) is 9.64. The Bertz CT molecular complexity index is 736. The summed E-state index contributed by atoms with van der Waals surface area (Å²) in [6, 6.07) is 5.98. The number of aromatic nitrogens is 3. The molecular formula is C20H27N5O. The topological polar surface area (TPSA) is 54.3 Å². The van der Waals surface area contributed by atoms with Crippen molar-refractivity contribution in [3.05, 3.63) is 42.6 Å². The number of piperidine rings is 2. The Kier molecular flexibility index (Phi) is 4.91. The summed E-state index contributed by atoms with van der Waals surface area (Å²) in [4.78, 5) is 26.3. The number of pyridine rings is 1. The molecule has 0 aromatic carbocycles. The van der Waals surface area contributed by atoms with E-state index in [9.17, 15) is 4.79 Å². The lowest BCUT2D eigenvalue weighted by molar-refractivity contribution is -0.136. The lowest BCUT2D eigenvalue weighted by atomic mass is 9.92. The molecular weight excluding hydrogens is 326 g/mol. The third kappa shape index (κ3) is 3.45. The molecule has 0 aliphatic carbocycles. The Morgan fingerprint density at radius 2 is 1.92 bits per heavy atom. The minimum absolute atomic E-state index is 0.0930. The lowest BCUT2D eigenvalue weighted by Crippen LogP contribution is -2.47. The fourth-order valence-corrected chi connectivity index (χ4v) is 4.31. The van der Waals surface area contributed by atoms with E-state index >= 15 is 0 Å². The Morgan fingerprint density at radius 1 is 1.08 bits per heavy atom. The van der Waals surface area contributed by atoms with Gasteiger partial charge in [0.2, 0.25) is 5.91 Å². The van der Waals surface area contributed by atoms with Crippen LogP contribution in [0.5, 0.6) is 0 Å². The largest absolute Gasteiger partial charge is 0.356 e. The highest BCUT2D eigenvalue weighted by Gasteiger charge is 2.32. The molecule has 2 aliphatic heterocycles. The predicted octanol–water partition coefficient (Wildman–Crippen LogP) is 2.44. The summed E-state index contributed by atoms with van der Waals surface area (Å²) >= 11 is 0. The molecule has 2 aromatic heterocycles. The highest BCUT2D eigenvalue weighted by Crippen LogP contribution is 2.29. The number of carbonyl (C=O) groups is 1. The van der Waals surface area contributed by atoms with E-state index in [4.69, 9.17) is 0 Å². The molecule has 0 bridgehead atoms. The summed E-state index contributed by atoms with van der Waals surface area (Å²) in [7, 11) is 2.05. The number of carbonyl (C=O) groups excluding carboxylic acids is 1. The van der Waals surface area contributed by atoms with Gasteiger partial charge in [-0.15, -0.1) is 0 Å². The summed E-state index contributed by atoms with van der Waals surface area (Å²) in [6.07, 6.45) is 9.74. The van der Waals surface area contributed by atoms with Gasteiger partial charge in [0.25, 0.3) is 0 Å². The Hall–Kier alpha value is -2.37. The normalized spacial score (nSPS) is 21.8. The SMILES string of the molecule is Cn1ccnc1C1CCN(C(=O)[C@@H]2CCCN(c3ccccn3)C2)CC1. The minimum atomic E-state index is 0.0930. The van der Waals surface area contributed by atoms with Crippen molar-refractivity contribution in [3.63, 3.8) is 0 Å². The second-order valence-electron chi connectivity index (χ2n) is 7.47. The molecule has 0 radical (unpaired) electrons. The van der Waals surface area contributed by atoms with Crippen molar-refractivity contribution in [1.29, 1.82) is 0 Å². The van der Waals surface area contributed by atoms with Crippen molar-refractivity contribution >= 4 is 11.7 Å². The monoisotopic (exact) mass is 353 g/mol. The zero-order chi connectivity index (χ0) is 17.9. The number of aryl methyl sites for hydroxylation is 1. The number of imidazole rings is 1. The number of nitrogens with zero attached hydrogens (tertiary/aromatic N) is 5. The van der Waals surface area contributed by atoms with Gasteiger partial charge in [0.1, 0.15) is 11.6 Å². The Morgan fingerprint density at radius 3 is 2.62 bits per heavy atom. The Labute approximate surface area is 154 Å². The van der Waals surface area contributed by atoms with Crippen molar-refractivity contribution in [2.75, 3.05) is 31.1 Å². The molecule has 1 atom stereocenters. The summed E-state index contributed by atoms with van der Waals surface area (Å²) in [5.41, 5.74) is 0. The van der Waals surface area contributed by atoms with E-state index in [1.54, 1.807) is 0 Å². The van der Waals surface area contributed by atoms with Gasteiger partial charge < -0.3 is 14.4 Å². The summed E-state index contributed by atoms with van der Waals surface area (Å²) in [5.74, 6) is 3.02. The van der Waals surface area contributed by atoms with Crippen LogP contribution in [0.15, 0.2) is 36.8 Å². The standard InChI is InChI=1S/C20H27N5O/c1-23-14-10-22-19(23)16-7-12-24(13-8-16)20(26)17-5-4-11-25(15-17)18-6-2-3-9-21-18/h2-3,6,9-10,14,16-17H,4-5,7-8,11-13,15H2,1H3/t17-/m1/s1. The van der Waals surface area contributed by atoms with Gasteiger partial charge in [0.15, 0.2) is 0 Å². The summed E-state index contributed by atoms with van der Waals surface area (Å²) in [5, 5.41) is 0. The third-order valence-corrected chi connectivity index (χ3v) is 5.77. The quantitative estimate of drug-likeness (QED) is 0.850. The van der Waals surface area contributed by atoms with Crippen LogP contribution in [0.4, 0.5) is 5.82 Å². The van der Waals surface area contributed by atoms with Gasteiger partial charge in [-0.1, -0.05) is 6.07 Å². The molecule has 4 heterocycles. The Balaban J connectivity index is 1.35. The van der Waals surface area contributed by atoms with Gasteiger partial charge in [-0.2, -0.15) is 0 Å². The number of hydrogen-bond donors (Lipinski definition) is 0. The smallest absolute Gasteiger partial charge is 0.227 e. The molecule has 2 fully saturated rings. The van der Waals surface area contributed by atoms with Crippen LogP contribution in [0.3, 0.4) is 0 Å². The van der Waals surface area contributed by atoms with Crippen molar-refractivity contribution in [3.8, 4) is 0 Å². The van der Waals surface area contributed by atoms with Crippen molar-refractivity contribution < 1.29 is 4.79 Å². The van der Waals surface area contributed by atoms with Crippen LogP contribution in [0.2, 0.25) is 0 Å². The van der Waals surface area contributed by atoms with Crippen LogP contribution in [0.1, 0.15) is 37.4 Å². The predicted molar refractivity (Wildman–Crippen MR) is 101 cm³/mol. The highest BCUT2D eigenvalue weighted by atomic mass is 16.2. The van der Waals surface area contributed by atoms with Crippen molar-refractivity contribution in [2.24, 2.45) is 13.0 Å². The zero-order valence-corrected chi connectivity index (χ0v) is 15.4. The van der Waals surface area contributed by atoms with Crippen LogP contribution in [-0.2, 0) is 11.8 Å². The molecule has 1 amide bonds. The molecule has 2 aliphatic rings. The molecule has 26 heavy (non-hydrogen) atoms. The second-order valence-corrected chi connectivity index (χ2v) is 7.47. The number of hydrogen-bond acceptors (Lipinski definition) is 4. The second kappa shape index (κ2) is 7.48. The lowest BCUT2D eigenvalue weighted by Gasteiger charge is -2.38. The summed E-state index contributed by atoms with van der Waals surface area (Å²) in [6.45, 7) is 3.46. The zero-order valence-electron chi connectivity index (χ0n) is 15.4. The number of rotatable bonds is 3. The molecule has 2 aromatic rings. The van der Waals surface area contributed by atoms with E-state index in [2.05, 4.69) is 24.3 Å². The van der Waals surface area contributed by atoms with E-state index in [-0.39, 0.29) is 5.92 Å². The van der Waals surface area contributed by atoms with Gasteiger partial charge in [0, 0.05) is 57.7 Å². The summed E-state index contributed by atoms with van der Waals surface area (Å²) < 4.78 is 2.11. The van der Waals surface area contributed by atoms with Crippen LogP contribution < -0.4 is 4.90 Å². The maximum absolute atomic E-state index is 13.0. The van der Waals surface area contributed by atoms with Crippen LogP contribution in [-0.4, -0.2) is 51.5 Å². The molecule has 4 rings (SSSR count). The first-order chi connectivity index (χ1) is 12.7. The van der Waals surface area contributed by atoms with E-state index in [1.807, 2.05) is 43.8 Å². The first-order valence-corrected chi connectivity index (χ1v) is 9.64. The van der Waals surface area contributed by atoms with Gasteiger partial charge in [-0.25, -0.2) is 9.97 Å². The number of likely N-dealkylation sites (tertiary alicyclic amines) is 1. The maximum atomic E-state index is 13.0. The van der Waals surface area contributed by atoms with E-state index in [0.717, 1.165) is 63.5 Å². The van der Waals surface area contributed by atoms with Crippen LogP contribution in [0, 0.1) is 5.92 Å². The molecule has 138 valence electrons. The molecule has 0 saturated carbocycles. The van der Waals surface area contributed by atoms with Gasteiger partial charge >= 0.3 is 0 Å². The average molecular weight is 353 g/mol. The fourth-order valence-electron chi connectivity index (χ4n) is 4.31. The first kappa shape index (κ1) is 17.1. The van der Waals surface area contributed by atoms with Gasteiger partial charge in [-0.05, 0) is 37.8 Å². The molecule has 0 N–H and O–H groups in total. The van der Waals surface area contributed by atoms with Gasteiger partial charge in [-0.3, -0.25) is 4.79 Å². The number of anilines is 1. The van der Waals surface area contributed by atoms with Crippen molar-refractivity contribution in [2.45, 2.75) is 31.6 Å².